The van der Waals surface area contributed by atoms with Gasteiger partial charge in [-0.3, -0.25) is 0 Å². The van der Waals surface area contributed by atoms with Gasteiger partial charge in [-0.1, -0.05) is 25.1 Å². The molecule has 2 rings (SSSR count). The van der Waals surface area contributed by atoms with Gasteiger partial charge in [0.25, 0.3) is 0 Å². The van der Waals surface area contributed by atoms with Crippen LogP contribution in [0.5, 0.6) is 0 Å². The van der Waals surface area contributed by atoms with E-state index >= 15 is 0 Å². The summed E-state index contributed by atoms with van der Waals surface area (Å²) in [5.74, 6) is -1.48. The first-order chi connectivity index (χ1) is 7.18. The van der Waals surface area contributed by atoms with Crippen LogP contribution in [0.4, 0.5) is 0 Å². The summed E-state index contributed by atoms with van der Waals surface area (Å²) >= 11 is 0. The zero-order valence-corrected chi connectivity index (χ0v) is 11.5. The van der Waals surface area contributed by atoms with E-state index in [1.165, 1.54) is 0 Å². The molecule has 16 heavy (non-hydrogen) atoms. The number of aliphatic carboxylic acids is 1. The van der Waals surface area contributed by atoms with E-state index in [1.807, 2.05) is 41.1 Å². The fraction of sp³-hybridized carbons (Fsp3) is 0.250. The van der Waals surface area contributed by atoms with Crippen LogP contribution in [0, 0.1) is 5.92 Å². The first kappa shape index (κ1) is 13.3. The van der Waals surface area contributed by atoms with Gasteiger partial charge in [-0.15, -0.1) is 0 Å². The molecule has 0 aliphatic carbocycles. The quantitative estimate of drug-likeness (QED) is 0.569. The minimum Gasteiger partial charge on any atom is -0.550 e. The molecule has 1 heterocycles. The van der Waals surface area contributed by atoms with E-state index in [2.05, 4.69) is 0 Å². The van der Waals surface area contributed by atoms with E-state index in [0.29, 0.717) is 6.54 Å². The number of benzene rings is 1. The average Bonchev–Trinajstić information content (AvgIpc) is 2.62. The molecule has 0 N–H and O–H groups in total. The summed E-state index contributed by atoms with van der Waals surface area (Å²) in [6, 6.07) is 9.89. The molecular formula is C12H12NNaO2. The van der Waals surface area contributed by atoms with Crippen LogP contribution >= 0.6 is 0 Å². The first-order valence-electron chi connectivity index (χ1n) is 4.93. The van der Waals surface area contributed by atoms with Crippen LogP contribution in [0.2, 0.25) is 0 Å². The summed E-state index contributed by atoms with van der Waals surface area (Å²) in [7, 11) is 0. The predicted octanol–water partition coefficient (Wildman–Crippen LogP) is -1.97. The van der Waals surface area contributed by atoms with Gasteiger partial charge in [-0.05, 0) is 17.5 Å². The van der Waals surface area contributed by atoms with Crippen LogP contribution < -0.4 is 34.7 Å². The summed E-state index contributed by atoms with van der Waals surface area (Å²) in [5, 5.41) is 11.8. The molecule has 3 nitrogen and oxygen atoms in total. The Morgan fingerprint density at radius 1 is 1.38 bits per heavy atom. The summed E-state index contributed by atoms with van der Waals surface area (Å²) in [4.78, 5) is 10.6. The molecule has 0 radical (unpaired) electrons. The SMILES string of the molecule is CC(Cn1ccc2ccccc21)C(=O)[O-].[Na+]. The summed E-state index contributed by atoms with van der Waals surface area (Å²) < 4.78 is 1.94. The van der Waals surface area contributed by atoms with Gasteiger partial charge >= 0.3 is 29.6 Å². The topological polar surface area (TPSA) is 45.1 Å². The second-order valence-electron chi connectivity index (χ2n) is 3.75. The van der Waals surface area contributed by atoms with Crippen LogP contribution in [-0.2, 0) is 11.3 Å². The number of carboxylic acid groups (broad SMARTS) is 1. The minimum absolute atomic E-state index is 0. The number of carbonyl (C=O) groups is 1. The first-order valence-corrected chi connectivity index (χ1v) is 4.93. The number of hydrogen-bond acceptors (Lipinski definition) is 2. The van der Waals surface area contributed by atoms with E-state index < -0.39 is 11.9 Å². The number of aromatic nitrogens is 1. The van der Waals surface area contributed by atoms with Gasteiger partial charge in [-0.2, -0.15) is 0 Å². The van der Waals surface area contributed by atoms with Gasteiger partial charge in [0.05, 0.1) is 0 Å². The van der Waals surface area contributed by atoms with Gasteiger partial charge < -0.3 is 14.5 Å². The smallest absolute Gasteiger partial charge is 0.550 e. The van der Waals surface area contributed by atoms with Gasteiger partial charge in [0.1, 0.15) is 0 Å². The molecule has 0 saturated heterocycles. The summed E-state index contributed by atoms with van der Waals surface area (Å²) in [6.07, 6.45) is 1.91. The Hall–Kier alpha value is -0.770. The van der Waals surface area contributed by atoms with Crippen LogP contribution in [0.15, 0.2) is 36.5 Å². The largest absolute Gasteiger partial charge is 1.00 e. The Morgan fingerprint density at radius 3 is 2.75 bits per heavy atom. The molecule has 0 saturated carbocycles. The molecule has 1 aromatic carbocycles. The molecule has 0 bridgehead atoms. The van der Waals surface area contributed by atoms with Crippen molar-refractivity contribution in [2.24, 2.45) is 5.92 Å². The Balaban J connectivity index is 0.00000128. The second kappa shape index (κ2) is 5.53. The van der Waals surface area contributed by atoms with E-state index in [-0.39, 0.29) is 29.6 Å². The normalized spacial score (nSPS) is 12.1. The minimum atomic E-state index is -1.01. The van der Waals surface area contributed by atoms with Crippen LogP contribution in [0.1, 0.15) is 6.92 Å². The molecule has 1 aromatic heterocycles. The molecule has 0 fully saturated rings. The third-order valence-electron chi connectivity index (χ3n) is 2.55. The molecule has 78 valence electrons. The number of rotatable bonds is 3. The van der Waals surface area contributed by atoms with E-state index in [4.69, 9.17) is 0 Å². The van der Waals surface area contributed by atoms with Crippen LogP contribution in [-0.4, -0.2) is 10.5 Å². The van der Waals surface area contributed by atoms with E-state index in [9.17, 15) is 9.90 Å². The maximum Gasteiger partial charge on any atom is 1.00 e. The zero-order valence-electron chi connectivity index (χ0n) is 9.51. The number of carbonyl (C=O) groups excluding carboxylic acids is 1. The maximum atomic E-state index is 10.6. The van der Waals surface area contributed by atoms with Gasteiger partial charge in [0, 0.05) is 30.1 Å². The van der Waals surface area contributed by atoms with Crippen LogP contribution in [0.3, 0.4) is 0 Å². The second-order valence-corrected chi connectivity index (χ2v) is 3.75. The predicted molar refractivity (Wildman–Crippen MR) is 56.1 cm³/mol. The molecule has 4 heteroatoms. The van der Waals surface area contributed by atoms with E-state index in [0.717, 1.165) is 10.9 Å². The third kappa shape index (κ3) is 2.67. The van der Waals surface area contributed by atoms with Crippen molar-refractivity contribution in [2.45, 2.75) is 13.5 Å². The number of hydrogen-bond donors (Lipinski definition) is 0. The number of nitrogens with zero attached hydrogens (tertiary/aromatic N) is 1. The molecule has 0 amide bonds. The Morgan fingerprint density at radius 2 is 2.06 bits per heavy atom. The van der Waals surface area contributed by atoms with Crippen molar-refractivity contribution in [2.75, 3.05) is 0 Å². The van der Waals surface area contributed by atoms with Crippen molar-refractivity contribution in [3.63, 3.8) is 0 Å². The molecule has 2 aromatic rings. The molecule has 0 aliphatic rings. The van der Waals surface area contributed by atoms with Gasteiger partial charge in [0.2, 0.25) is 0 Å². The number of fused-ring (bicyclic) bond motifs is 1. The average molecular weight is 225 g/mol. The Kier molecular flexibility index (Phi) is 4.59. The van der Waals surface area contributed by atoms with Crippen molar-refractivity contribution in [3.05, 3.63) is 36.5 Å². The summed E-state index contributed by atoms with van der Waals surface area (Å²) in [5.41, 5.74) is 1.06. The number of carboxylic acids is 1. The van der Waals surface area contributed by atoms with Gasteiger partial charge in [-0.25, -0.2) is 0 Å². The number of para-hydroxylation sites is 1. The third-order valence-corrected chi connectivity index (χ3v) is 2.55. The van der Waals surface area contributed by atoms with Crippen LogP contribution in [0.25, 0.3) is 10.9 Å². The molecule has 1 atom stereocenters. The van der Waals surface area contributed by atoms with Crippen molar-refractivity contribution < 1.29 is 39.5 Å². The fourth-order valence-electron chi connectivity index (χ4n) is 1.67. The van der Waals surface area contributed by atoms with Gasteiger partial charge in [0.15, 0.2) is 0 Å². The monoisotopic (exact) mass is 225 g/mol. The summed E-state index contributed by atoms with van der Waals surface area (Å²) in [6.45, 7) is 2.11. The molecule has 1 unspecified atom stereocenters. The van der Waals surface area contributed by atoms with E-state index in [1.54, 1.807) is 6.92 Å². The van der Waals surface area contributed by atoms with Crippen molar-refractivity contribution in [3.8, 4) is 0 Å². The molecule has 0 aliphatic heterocycles. The Bertz CT molecular complexity index is 492. The fourth-order valence-corrected chi connectivity index (χ4v) is 1.67. The van der Waals surface area contributed by atoms with Crippen molar-refractivity contribution in [1.82, 2.24) is 4.57 Å². The maximum absolute atomic E-state index is 10.6. The molecular weight excluding hydrogens is 213 g/mol. The standard InChI is InChI=1S/C12H13NO2.Na/c1-9(12(14)15)8-13-7-6-10-4-2-3-5-11(10)13;/h2-7,9H,8H2,1H3,(H,14,15);/q;+1/p-1. The Labute approximate surface area is 116 Å². The van der Waals surface area contributed by atoms with Crippen molar-refractivity contribution in [1.29, 1.82) is 0 Å². The molecule has 0 spiro atoms. The zero-order chi connectivity index (χ0) is 10.8. The van der Waals surface area contributed by atoms with Crippen molar-refractivity contribution >= 4 is 16.9 Å².